The smallest absolute Gasteiger partial charge is 0.310 e. The molecule has 2 rings (SSSR count). The Balaban J connectivity index is 1.75. The van der Waals surface area contributed by atoms with Gasteiger partial charge >= 0.3 is 5.97 Å². The number of hydrogen-bond donors (Lipinski definition) is 0. The Kier molecular flexibility index (Phi) is 5.63. The standard InChI is InChI=1S/C16H21NO5/c1-20-13-6-3-4-7-14(13)22-9-5-8-17-11-12(10-15(17)18)16(19)21-2/h3-4,6-7,12H,5,8-11H2,1-2H3. The van der Waals surface area contributed by atoms with Gasteiger partial charge in [0.1, 0.15) is 0 Å². The maximum absolute atomic E-state index is 11.8. The summed E-state index contributed by atoms with van der Waals surface area (Å²) in [5.41, 5.74) is 0. The predicted molar refractivity (Wildman–Crippen MR) is 79.8 cm³/mol. The number of nitrogens with zero attached hydrogens (tertiary/aromatic N) is 1. The summed E-state index contributed by atoms with van der Waals surface area (Å²) < 4.78 is 15.6. The van der Waals surface area contributed by atoms with E-state index in [-0.39, 0.29) is 24.2 Å². The number of likely N-dealkylation sites (tertiary alicyclic amines) is 1. The largest absolute Gasteiger partial charge is 0.493 e. The minimum atomic E-state index is -0.340. The number of rotatable bonds is 7. The number of carbonyl (C=O) groups excluding carboxylic acids is 2. The second kappa shape index (κ2) is 7.68. The lowest BCUT2D eigenvalue weighted by Crippen LogP contribution is -2.28. The van der Waals surface area contributed by atoms with E-state index in [9.17, 15) is 9.59 Å². The molecule has 0 spiro atoms. The fraction of sp³-hybridized carbons (Fsp3) is 0.500. The molecule has 0 N–H and O–H groups in total. The zero-order valence-corrected chi connectivity index (χ0v) is 12.9. The molecule has 1 unspecified atom stereocenters. The first-order valence-electron chi connectivity index (χ1n) is 7.27. The van der Waals surface area contributed by atoms with E-state index in [0.717, 1.165) is 0 Å². The van der Waals surface area contributed by atoms with Crippen LogP contribution in [-0.2, 0) is 14.3 Å². The van der Waals surface area contributed by atoms with E-state index in [1.165, 1.54) is 7.11 Å². The third-order valence-electron chi connectivity index (χ3n) is 3.65. The Morgan fingerprint density at radius 1 is 1.27 bits per heavy atom. The van der Waals surface area contributed by atoms with Gasteiger partial charge < -0.3 is 19.1 Å². The highest BCUT2D eigenvalue weighted by Crippen LogP contribution is 2.26. The third kappa shape index (κ3) is 3.90. The first-order chi connectivity index (χ1) is 10.7. The number of hydrogen-bond acceptors (Lipinski definition) is 5. The molecule has 1 aliphatic rings. The summed E-state index contributed by atoms with van der Waals surface area (Å²) in [5.74, 6) is 0.706. The van der Waals surface area contributed by atoms with Crippen molar-refractivity contribution >= 4 is 11.9 Å². The highest BCUT2D eigenvalue weighted by Gasteiger charge is 2.34. The topological polar surface area (TPSA) is 65.1 Å². The van der Waals surface area contributed by atoms with Crippen molar-refractivity contribution in [3.8, 4) is 11.5 Å². The number of amides is 1. The average Bonchev–Trinajstić information content (AvgIpc) is 2.92. The second-order valence-electron chi connectivity index (χ2n) is 5.12. The SMILES string of the molecule is COC(=O)C1CC(=O)N(CCCOc2ccccc2OC)C1. The maximum atomic E-state index is 11.8. The molecule has 0 radical (unpaired) electrons. The minimum Gasteiger partial charge on any atom is -0.493 e. The molecule has 1 fully saturated rings. The fourth-order valence-electron chi connectivity index (χ4n) is 2.49. The molecule has 0 aromatic heterocycles. The van der Waals surface area contributed by atoms with Crippen LogP contribution in [0.15, 0.2) is 24.3 Å². The lowest BCUT2D eigenvalue weighted by atomic mass is 10.1. The molecule has 22 heavy (non-hydrogen) atoms. The second-order valence-corrected chi connectivity index (χ2v) is 5.12. The van der Waals surface area contributed by atoms with Crippen LogP contribution in [0.2, 0.25) is 0 Å². The Morgan fingerprint density at radius 3 is 2.68 bits per heavy atom. The van der Waals surface area contributed by atoms with Crippen molar-refractivity contribution in [2.45, 2.75) is 12.8 Å². The molecule has 1 aromatic carbocycles. The number of methoxy groups -OCH3 is 2. The molecule has 1 atom stereocenters. The zero-order valence-electron chi connectivity index (χ0n) is 12.9. The molecule has 0 saturated carbocycles. The lowest BCUT2D eigenvalue weighted by Gasteiger charge is -2.16. The van der Waals surface area contributed by atoms with Crippen LogP contribution >= 0.6 is 0 Å². The number of esters is 1. The Hall–Kier alpha value is -2.24. The van der Waals surface area contributed by atoms with Gasteiger partial charge in [0.2, 0.25) is 5.91 Å². The van der Waals surface area contributed by atoms with E-state index in [1.807, 2.05) is 24.3 Å². The van der Waals surface area contributed by atoms with Gasteiger partial charge in [0, 0.05) is 19.5 Å². The molecular formula is C16H21NO5. The van der Waals surface area contributed by atoms with Crippen LogP contribution in [0.3, 0.4) is 0 Å². The molecule has 1 amide bonds. The first-order valence-corrected chi connectivity index (χ1v) is 7.27. The van der Waals surface area contributed by atoms with Gasteiger partial charge in [0.15, 0.2) is 11.5 Å². The lowest BCUT2D eigenvalue weighted by molar-refractivity contribution is -0.145. The summed E-state index contributed by atoms with van der Waals surface area (Å²) in [6.45, 7) is 1.48. The summed E-state index contributed by atoms with van der Waals surface area (Å²) in [6.07, 6.45) is 0.928. The summed E-state index contributed by atoms with van der Waals surface area (Å²) in [6, 6.07) is 7.43. The van der Waals surface area contributed by atoms with E-state index in [4.69, 9.17) is 9.47 Å². The summed E-state index contributed by atoms with van der Waals surface area (Å²) in [5, 5.41) is 0. The monoisotopic (exact) mass is 307 g/mol. The highest BCUT2D eigenvalue weighted by atomic mass is 16.5. The highest BCUT2D eigenvalue weighted by molar-refractivity contribution is 5.86. The van der Waals surface area contributed by atoms with Gasteiger partial charge in [0.05, 0.1) is 26.7 Å². The fourth-order valence-corrected chi connectivity index (χ4v) is 2.49. The van der Waals surface area contributed by atoms with Crippen molar-refractivity contribution < 1.29 is 23.8 Å². The van der Waals surface area contributed by atoms with E-state index in [0.29, 0.717) is 37.6 Å². The van der Waals surface area contributed by atoms with Gasteiger partial charge in [-0.25, -0.2) is 0 Å². The zero-order chi connectivity index (χ0) is 15.9. The van der Waals surface area contributed by atoms with Crippen LogP contribution in [0.1, 0.15) is 12.8 Å². The number of ether oxygens (including phenoxy) is 3. The van der Waals surface area contributed by atoms with Gasteiger partial charge in [-0.05, 0) is 18.6 Å². The van der Waals surface area contributed by atoms with E-state index < -0.39 is 0 Å². The van der Waals surface area contributed by atoms with Crippen LogP contribution in [0.4, 0.5) is 0 Å². The van der Waals surface area contributed by atoms with Crippen LogP contribution in [0.5, 0.6) is 11.5 Å². The molecule has 1 heterocycles. The minimum absolute atomic E-state index is 0.00677. The van der Waals surface area contributed by atoms with Crippen molar-refractivity contribution in [2.24, 2.45) is 5.92 Å². The Bertz CT molecular complexity index is 531. The average molecular weight is 307 g/mol. The Labute approximate surface area is 129 Å². The predicted octanol–water partition coefficient (Wildman–Crippen LogP) is 1.49. The van der Waals surface area contributed by atoms with Gasteiger partial charge in [-0.15, -0.1) is 0 Å². The van der Waals surface area contributed by atoms with Crippen molar-refractivity contribution in [2.75, 3.05) is 33.9 Å². The molecular weight excluding hydrogens is 286 g/mol. The van der Waals surface area contributed by atoms with Gasteiger partial charge in [0.25, 0.3) is 0 Å². The molecule has 0 aliphatic carbocycles. The number of benzene rings is 1. The molecule has 6 heteroatoms. The van der Waals surface area contributed by atoms with Gasteiger partial charge in [-0.2, -0.15) is 0 Å². The first kappa shape index (κ1) is 16.1. The number of para-hydroxylation sites is 2. The molecule has 1 aliphatic heterocycles. The molecule has 0 bridgehead atoms. The van der Waals surface area contributed by atoms with E-state index in [1.54, 1.807) is 12.0 Å². The van der Waals surface area contributed by atoms with Crippen LogP contribution in [0, 0.1) is 5.92 Å². The molecule has 1 saturated heterocycles. The molecule has 120 valence electrons. The van der Waals surface area contributed by atoms with Crippen molar-refractivity contribution in [1.29, 1.82) is 0 Å². The summed E-state index contributed by atoms with van der Waals surface area (Å²) in [7, 11) is 2.94. The van der Waals surface area contributed by atoms with Gasteiger partial charge in [-0.1, -0.05) is 12.1 Å². The van der Waals surface area contributed by atoms with E-state index in [2.05, 4.69) is 4.74 Å². The van der Waals surface area contributed by atoms with Crippen molar-refractivity contribution in [3.63, 3.8) is 0 Å². The summed E-state index contributed by atoms with van der Waals surface area (Å²) >= 11 is 0. The number of carbonyl (C=O) groups is 2. The van der Waals surface area contributed by atoms with Gasteiger partial charge in [-0.3, -0.25) is 9.59 Å². The van der Waals surface area contributed by atoms with Crippen LogP contribution in [-0.4, -0.2) is 50.7 Å². The third-order valence-corrected chi connectivity index (χ3v) is 3.65. The van der Waals surface area contributed by atoms with Crippen LogP contribution < -0.4 is 9.47 Å². The maximum Gasteiger partial charge on any atom is 0.310 e. The normalized spacial score (nSPS) is 17.5. The van der Waals surface area contributed by atoms with Crippen LogP contribution in [0.25, 0.3) is 0 Å². The van der Waals surface area contributed by atoms with Crippen molar-refractivity contribution in [1.82, 2.24) is 4.90 Å². The molecule has 6 nitrogen and oxygen atoms in total. The summed E-state index contributed by atoms with van der Waals surface area (Å²) in [4.78, 5) is 25.0. The van der Waals surface area contributed by atoms with E-state index >= 15 is 0 Å². The Morgan fingerprint density at radius 2 is 2.00 bits per heavy atom. The van der Waals surface area contributed by atoms with Crippen molar-refractivity contribution in [3.05, 3.63) is 24.3 Å². The quantitative estimate of drug-likeness (QED) is 0.564. The molecule has 1 aromatic rings.